The molecular weight excluding hydrogens is 504 g/mol. The molecule has 4 atom stereocenters. The first-order valence-electron chi connectivity index (χ1n) is 13.6. The number of carbonyl (C=O) groups excluding carboxylic acids is 3. The van der Waals surface area contributed by atoms with Crippen LogP contribution in [0.15, 0.2) is 72.8 Å². The Labute approximate surface area is 232 Å². The summed E-state index contributed by atoms with van der Waals surface area (Å²) in [7, 11) is 0. The molecule has 202 valence electrons. The van der Waals surface area contributed by atoms with E-state index in [-0.39, 0.29) is 24.3 Å². The molecule has 0 unspecified atom stereocenters. The van der Waals surface area contributed by atoms with Gasteiger partial charge in [-0.05, 0) is 48.4 Å². The number of hydrogen-bond acceptors (Lipinski definition) is 6. The molecular formula is C33H30N2O5. The molecule has 0 radical (unpaired) electrons. The third kappa shape index (κ3) is 3.14. The van der Waals surface area contributed by atoms with Gasteiger partial charge in [0, 0.05) is 27.9 Å². The Morgan fingerprint density at radius 2 is 1.70 bits per heavy atom. The summed E-state index contributed by atoms with van der Waals surface area (Å²) in [6, 6.07) is 19.1. The van der Waals surface area contributed by atoms with Crippen molar-refractivity contribution in [3.05, 3.63) is 89.5 Å². The molecule has 7 nitrogen and oxygen atoms in total. The predicted molar refractivity (Wildman–Crippen MR) is 152 cm³/mol. The van der Waals surface area contributed by atoms with Gasteiger partial charge in [0.1, 0.15) is 11.5 Å². The fourth-order valence-corrected chi connectivity index (χ4v) is 7.06. The van der Waals surface area contributed by atoms with Gasteiger partial charge in [0.05, 0.1) is 12.0 Å². The number of Topliss-reactive ketones (excluding diaryl/α,β-unsaturated/α-hetero) is 2. The van der Waals surface area contributed by atoms with Gasteiger partial charge in [0.2, 0.25) is 12.7 Å². The van der Waals surface area contributed by atoms with Gasteiger partial charge in [0.15, 0.2) is 23.1 Å². The van der Waals surface area contributed by atoms with Crippen LogP contribution in [0.2, 0.25) is 0 Å². The number of para-hydroxylation sites is 2. The first-order chi connectivity index (χ1) is 19.1. The van der Waals surface area contributed by atoms with Crippen LogP contribution in [0.25, 0.3) is 5.57 Å². The Balaban J connectivity index is 1.54. The van der Waals surface area contributed by atoms with E-state index in [4.69, 9.17) is 9.47 Å². The molecule has 4 aliphatic rings. The van der Waals surface area contributed by atoms with Crippen LogP contribution < -0.4 is 19.7 Å². The highest BCUT2D eigenvalue weighted by atomic mass is 16.7. The molecule has 0 saturated carbocycles. The van der Waals surface area contributed by atoms with E-state index in [1.54, 1.807) is 18.2 Å². The molecule has 40 heavy (non-hydrogen) atoms. The van der Waals surface area contributed by atoms with Gasteiger partial charge in [-0.25, -0.2) is 0 Å². The fourth-order valence-electron chi connectivity index (χ4n) is 7.06. The maximum Gasteiger partial charge on any atom is 0.238 e. The second-order valence-corrected chi connectivity index (χ2v) is 12.1. The van der Waals surface area contributed by atoms with E-state index in [0.29, 0.717) is 22.7 Å². The second-order valence-electron chi connectivity index (χ2n) is 12.1. The van der Waals surface area contributed by atoms with E-state index < -0.39 is 28.8 Å². The Morgan fingerprint density at radius 1 is 0.975 bits per heavy atom. The minimum Gasteiger partial charge on any atom is -0.454 e. The monoisotopic (exact) mass is 534 g/mol. The number of nitrogens with zero attached hydrogens (tertiary/aromatic N) is 1. The molecule has 0 aromatic heterocycles. The van der Waals surface area contributed by atoms with Crippen LogP contribution in [0.1, 0.15) is 49.2 Å². The molecule has 4 heterocycles. The summed E-state index contributed by atoms with van der Waals surface area (Å²) in [5, 5.41) is 3.08. The lowest BCUT2D eigenvalue weighted by Gasteiger charge is -2.39. The lowest BCUT2D eigenvalue weighted by molar-refractivity contribution is -0.128. The lowest BCUT2D eigenvalue weighted by Crippen LogP contribution is -2.51. The SMILES string of the molecule is CC1=C[C@@H]2N(c3ccccc31)[C@@H](C(=O)C(C)(C)C)[C@@H](C(=O)c1ccc3c(c1)OCO3)[C@@]21C(=O)Nc2ccccc21. The molecule has 1 spiro atoms. The van der Waals surface area contributed by atoms with E-state index in [0.717, 1.165) is 22.4 Å². The zero-order valence-electron chi connectivity index (χ0n) is 22.9. The Hall–Kier alpha value is -4.39. The van der Waals surface area contributed by atoms with Crippen molar-refractivity contribution in [1.29, 1.82) is 0 Å². The number of rotatable bonds is 3. The minimum absolute atomic E-state index is 0.0813. The first-order valence-corrected chi connectivity index (χ1v) is 13.6. The summed E-state index contributed by atoms with van der Waals surface area (Å²) in [6.07, 6.45) is 2.07. The average molecular weight is 535 g/mol. The van der Waals surface area contributed by atoms with Gasteiger partial charge in [-0.1, -0.05) is 63.2 Å². The molecule has 7 rings (SSSR count). The number of benzene rings is 3. The number of ketones is 2. The van der Waals surface area contributed by atoms with Gasteiger partial charge in [-0.3, -0.25) is 14.4 Å². The number of anilines is 2. The second kappa shape index (κ2) is 8.31. The summed E-state index contributed by atoms with van der Waals surface area (Å²) in [5.74, 6) is -0.585. The van der Waals surface area contributed by atoms with Crippen molar-refractivity contribution in [3.8, 4) is 11.5 Å². The third-order valence-electron chi connectivity index (χ3n) is 8.83. The van der Waals surface area contributed by atoms with Crippen LogP contribution in [0.4, 0.5) is 11.4 Å². The molecule has 7 heteroatoms. The zero-order valence-corrected chi connectivity index (χ0v) is 22.9. The molecule has 0 bridgehead atoms. The normalized spacial score (nSPS) is 25.7. The van der Waals surface area contributed by atoms with Crippen molar-refractivity contribution in [2.45, 2.75) is 45.2 Å². The summed E-state index contributed by atoms with van der Waals surface area (Å²) in [5.41, 5.74) is 2.54. The largest absolute Gasteiger partial charge is 0.454 e. The quantitative estimate of drug-likeness (QED) is 0.454. The summed E-state index contributed by atoms with van der Waals surface area (Å²) < 4.78 is 11.1. The zero-order chi connectivity index (χ0) is 28.0. The molecule has 3 aromatic carbocycles. The highest BCUT2D eigenvalue weighted by Gasteiger charge is 2.71. The fraction of sp³-hybridized carbons (Fsp3) is 0.303. The Bertz CT molecular complexity index is 1650. The average Bonchev–Trinajstić information content (AvgIpc) is 3.61. The molecule has 1 amide bonds. The number of ether oxygens (including phenoxy) is 2. The van der Waals surface area contributed by atoms with E-state index >= 15 is 0 Å². The highest BCUT2D eigenvalue weighted by molar-refractivity contribution is 6.17. The number of amides is 1. The van der Waals surface area contributed by atoms with E-state index in [9.17, 15) is 14.4 Å². The summed E-state index contributed by atoms with van der Waals surface area (Å²) in [6.45, 7) is 7.72. The van der Waals surface area contributed by atoms with Crippen LogP contribution in [-0.4, -0.2) is 36.4 Å². The summed E-state index contributed by atoms with van der Waals surface area (Å²) in [4.78, 5) is 45.8. The first kappa shape index (κ1) is 24.6. The van der Waals surface area contributed by atoms with E-state index in [1.165, 1.54) is 0 Å². The van der Waals surface area contributed by atoms with Crippen LogP contribution in [0, 0.1) is 11.3 Å². The summed E-state index contributed by atoms with van der Waals surface area (Å²) >= 11 is 0. The smallest absolute Gasteiger partial charge is 0.238 e. The molecule has 4 aliphatic heterocycles. The van der Waals surface area contributed by atoms with Crippen molar-refractivity contribution in [1.82, 2.24) is 0 Å². The molecule has 1 fully saturated rings. The molecule has 3 aromatic rings. The van der Waals surface area contributed by atoms with Crippen LogP contribution in [0.3, 0.4) is 0 Å². The Kier molecular flexibility index (Phi) is 5.12. The number of nitrogens with one attached hydrogen (secondary N) is 1. The predicted octanol–water partition coefficient (Wildman–Crippen LogP) is 5.39. The topological polar surface area (TPSA) is 84.9 Å². The lowest BCUT2D eigenvalue weighted by atomic mass is 9.63. The van der Waals surface area contributed by atoms with Gasteiger partial charge < -0.3 is 19.7 Å². The van der Waals surface area contributed by atoms with Crippen molar-refractivity contribution in [2.24, 2.45) is 11.3 Å². The van der Waals surface area contributed by atoms with Crippen molar-refractivity contribution in [3.63, 3.8) is 0 Å². The van der Waals surface area contributed by atoms with Crippen LogP contribution in [-0.2, 0) is 15.0 Å². The maximum atomic E-state index is 14.9. The van der Waals surface area contributed by atoms with Crippen molar-refractivity contribution < 1.29 is 23.9 Å². The highest BCUT2D eigenvalue weighted by Crippen LogP contribution is 2.59. The minimum atomic E-state index is -1.33. The van der Waals surface area contributed by atoms with Gasteiger partial charge in [0.25, 0.3) is 0 Å². The third-order valence-corrected chi connectivity index (χ3v) is 8.83. The van der Waals surface area contributed by atoms with Crippen molar-refractivity contribution in [2.75, 3.05) is 17.0 Å². The molecule has 1 N–H and O–H groups in total. The van der Waals surface area contributed by atoms with Crippen LogP contribution in [0.5, 0.6) is 11.5 Å². The maximum absolute atomic E-state index is 14.9. The number of fused-ring (bicyclic) bond motifs is 7. The number of hydrogen-bond donors (Lipinski definition) is 1. The standard InChI is InChI=1S/C33H30N2O5/c1-18-15-26-33(21-10-6-7-11-22(21)34-31(33)38)27(29(36)19-13-14-24-25(16-19)40-17-39-24)28(30(37)32(2,3)4)35(26)23-12-8-5-9-20(18)23/h5-16,26-28H,17H2,1-4H3,(H,34,38)/t26-,27-,28+,33-/m0/s1. The van der Waals surface area contributed by atoms with Crippen LogP contribution >= 0.6 is 0 Å². The Morgan fingerprint density at radius 3 is 2.50 bits per heavy atom. The molecule has 0 aliphatic carbocycles. The van der Waals surface area contributed by atoms with E-state index in [2.05, 4.69) is 11.4 Å². The number of carbonyl (C=O) groups is 3. The molecule has 1 saturated heterocycles. The van der Waals surface area contributed by atoms with Crippen molar-refractivity contribution >= 4 is 34.4 Å². The van der Waals surface area contributed by atoms with Gasteiger partial charge in [-0.2, -0.15) is 0 Å². The van der Waals surface area contributed by atoms with Gasteiger partial charge >= 0.3 is 0 Å². The van der Waals surface area contributed by atoms with Gasteiger partial charge in [-0.15, -0.1) is 0 Å². The van der Waals surface area contributed by atoms with E-state index in [1.807, 2.05) is 81.1 Å². The number of allylic oxidation sites excluding steroid dienone is 1.